The number of nitrogens with zero attached hydrogens (tertiary/aromatic N) is 3. The Hall–Kier alpha value is -1.98. The van der Waals surface area contributed by atoms with Gasteiger partial charge in [0.05, 0.1) is 5.39 Å². The molecule has 4 nitrogen and oxygen atoms in total. The summed E-state index contributed by atoms with van der Waals surface area (Å²) in [6.07, 6.45) is 7.74. The Labute approximate surface area is 176 Å². The van der Waals surface area contributed by atoms with E-state index in [-0.39, 0.29) is 11.6 Å². The molecule has 1 saturated heterocycles. The van der Waals surface area contributed by atoms with Crippen LogP contribution in [0.4, 0.5) is 0 Å². The second-order valence-electron chi connectivity index (χ2n) is 8.61. The highest BCUT2D eigenvalue weighted by atomic mass is 32.1. The summed E-state index contributed by atoms with van der Waals surface area (Å²) < 4.78 is 2.03. The van der Waals surface area contributed by atoms with E-state index in [1.807, 2.05) is 4.57 Å². The number of aromatic nitrogens is 2. The Kier molecular flexibility index (Phi) is 5.04. The normalized spacial score (nSPS) is 18.3. The summed E-state index contributed by atoms with van der Waals surface area (Å²) in [5, 5.41) is 2.96. The lowest BCUT2D eigenvalue weighted by molar-refractivity contribution is 0.216. The van der Waals surface area contributed by atoms with Gasteiger partial charge in [0.25, 0.3) is 5.56 Å². The molecule has 1 aliphatic heterocycles. The molecule has 3 heterocycles. The molecule has 2 aliphatic rings. The topological polar surface area (TPSA) is 38.1 Å². The van der Waals surface area contributed by atoms with Gasteiger partial charge in [-0.3, -0.25) is 9.36 Å². The molecule has 0 atom stereocenters. The third kappa shape index (κ3) is 3.34. The molecular formula is C24H29N3OS. The zero-order valence-electron chi connectivity index (χ0n) is 17.4. The molecule has 152 valence electrons. The van der Waals surface area contributed by atoms with Crippen LogP contribution in [-0.2, 0) is 19.3 Å². The quantitative estimate of drug-likeness (QED) is 0.624. The maximum absolute atomic E-state index is 13.7. The Bertz CT molecular complexity index is 1110. The zero-order valence-corrected chi connectivity index (χ0v) is 18.2. The predicted octanol–water partition coefficient (Wildman–Crippen LogP) is 4.83. The predicted molar refractivity (Wildman–Crippen MR) is 121 cm³/mol. The number of hydrogen-bond donors (Lipinski definition) is 0. The Morgan fingerprint density at radius 2 is 1.90 bits per heavy atom. The average molecular weight is 408 g/mol. The van der Waals surface area contributed by atoms with Crippen LogP contribution >= 0.6 is 11.3 Å². The fraction of sp³-hybridized carbons (Fsp3) is 0.500. The molecule has 1 aliphatic carbocycles. The molecule has 0 amide bonds. The minimum atomic E-state index is 0.162. The molecule has 29 heavy (non-hydrogen) atoms. The maximum Gasteiger partial charge on any atom is 0.263 e. The molecule has 0 bridgehead atoms. The van der Waals surface area contributed by atoms with E-state index in [1.54, 1.807) is 11.3 Å². The minimum Gasteiger partial charge on any atom is -0.306 e. The molecule has 2 aromatic heterocycles. The highest BCUT2D eigenvalue weighted by Crippen LogP contribution is 2.34. The Balaban J connectivity index is 1.65. The first-order chi connectivity index (χ1) is 14.2. The van der Waals surface area contributed by atoms with Crippen LogP contribution in [0, 0.1) is 0 Å². The monoisotopic (exact) mass is 407 g/mol. The van der Waals surface area contributed by atoms with E-state index in [4.69, 9.17) is 4.98 Å². The van der Waals surface area contributed by atoms with Crippen LogP contribution in [0.1, 0.15) is 55.6 Å². The first-order valence-corrected chi connectivity index (χ1v) is 11.9. The SMILES string of the molecule is CCc1nc2scc(-c3ccc4c(c3)CCCC4)c2c(=O)n1C1CCN(C)CC1. The maximum atomic E-state index is 13.7. The van der Waals surface area contributed by atoms with E-state index in [1.165, 1.54) is 36.0 Å². The largest absolute Gasteiger partial charge is 0.306 e. The summed E-state index contributed by atoms with van der Waals surface area (Å²) in [7, 11) is 2.16. The fourth-order valence-electron chi connectivity index (χ4n) is 5.04. The van der Waals surface area contributed by atoms with Gasteiger partial charge in [0.2, 0.25) is 0 Å². The highest BCUT2D eigenvalue weighted by molar-refractivity contribution is 7.17. The molecule has 1 fully saturated rings. The molecule has 0 N–H and O–H groups in total. The van der Waals surface area contributed by atoms with Crippen molar-refractivity contribution in [2.45, 2.75) is 57.9 Å². The molecule has 5 rings (SSSR count). The number of fused-ring (bicyclic) bond motifs is 2. The van der Waals surface area contributed by atoms with Crippen molar-refractivity contribution in [1.82, 2.24) is 14.5 Å². The number of aryl methyl sites for hydroxylation is 3. The molecule has 1 aromatic carbocycles. The van der Waals surface area contributed by atoms with Crippen LogP contribution in [0.3, 0.4) is 0 Å². The second-order valence-corrected chi connectivity index (χ2v) is 9.47. The molecular weight excluding hydrogens is 378 g/mol. The number of piperidine rings is 1. The zero-order chi connectivity index (χ0) is 20.0. The first kappa shape index (κ1) is 19.0. The van der Waals surface area contributed by atoms with Gasteiger partial charge in [0, 0.05) is 23.4 Å². The summed E-state index contributed by atoms with van der Waals surface area (Å²) in [5.41, 5.74) is 5.35. The molecule has 0 unspecified atom stereocenters. The van der Waals surface area contributed by atoms with Gasteiger partial charge < -0.3 is 4.90 Å². The molecule has 0 spiro atoms. The van der Waals surface area contributed by atoms with Gasteiger partial charge in [0.1, 0.15) is 10.7 Å². The highest BCUT2D eigenvalue weighted by Gasteiger charge is 2.24. The van der Waals surface area contributed by atoms with Gasteiger partial charge in [-0.25, -0.2) is 4.98 Å². The second kappa shape index (κ2) is 7.69. The third-order valence-corrected chi connectivity index (χ3v) is 7.61. The number of thiophene rings is 1. The molecule has 0 radical (unpaired) electrons. The third-order valence-electron chi connectivity index (χ3n) is 6.74. The summed E-state index contributed by atoms with van der Waals surface area (Å²) in [4.78, 5) is 21.9. The minimum absolute atomic E-state index is 0.162. The van der Waals surface area contributed by atoms with Gasteiger partial charge >= 0.3 is 0 Å². The van der Waals surface area contributed by atoms with Crippen LogP contribution in [0.5, 0.6) is 0 Å². The van der Waals surface area contributed by atoms with Gasteiger partial charge in [-0.2, -0.15) is 0 Å². The lowest BCUT2D eigenvalue weighted by Gasteiger charge is -2.31. The standard InChI is InChI=1S/C24H29N3OS/c1-3-21-25-23-22(24(28)27(21)19-10-12-26(2)13-11-19)20(15-29-23)18-9-8-16-6-4-5-7-17(16)14-18/h8-9,14-15,19H,3-7,10-13H2,1-2H3. The number of likely N-dealkylation sites (tertiary alicyclic amines) is 1. The Morgan fingerprint density at radius 1 is 1.14 bits per heavy atom. The summed E-state index contributed by atoms with van der Waals surface area (Å²) in [6.45, 7) is 4.19. The van der Waals surface area contributed by atoms with Gasteiger partial charge in [0.15, 0.2) is 0 Å². The fourth-order valence-corrected chi connectivity index (χ4v) is 5.99. The summed E-state index contributed by atoms with van der Waals surface area (Å²) in [6, 6.07) is 7.07. The van der Waals surface area contributed by atoms with E-state index >= 15 is 0 Å². The first-order valence-electron chi connectivity index (χ1n) is 11.0. The van der Waals surface area contributed by atoms with Crippen molar-refractivity contribution in [3.8, 4) is 11.1 Å². The van der Waals surface area contributed by atoms with Crippen LogP contribution in [0.25, 0.3) is 21.3 Å². The van der Waals surface area contributed by atoms with Crippen LogP contribution in [-0.4, -0.2) is 34.6 Å². The van der Waals surface area contributed by atoms with Crippen molar-refractivity contribution in [3.05, 3.63) is 50.9 Å². The lowest BCUT2D eigenvalue weighted by atomic mass is 9.89. The van der Waals surface area contributed by atoms with Crippen molar-refractivity contribution in [2.75, 3.05) is 20.1 Å². The number of benzene rings is 1. The van der Waals surface area contributed by atoms with Crippen molar-refractivity contribution < 1.29 is 0 Å². The van der Waals surface area contributed by atoms with Crippen molar-refractivity contribution >= 4 is 21.6 Å². The summed E-state index contributed by atoms with van der Waals surface area (Å²) >= 11 is 1.61. The molecule has 5 heteroatoms. The molecule has 3 aromatic rings. The average Bonchev–Trinajstić information content (AvgIpc) is 3.18. The summed E-state index contributed by atoms with van der Waals surface area (Å²) in [5.74, 6) is 0.941. The van der Waals surface area contributed by atoms with Gasteiger partial charge in [-0.15, -0.1) is 11.3 Å². The van der Waals surface area contributed by atoms with Gasteiger partial charge in [-0.1, -0.05) is 25.1 Å². The number of hydrogen-bond acceptors (Lipinski definition) is 4. The number of rotatable bonds is 3. The van der Waals surface area contributed by atoms with E-state index in [9.17, 15) is 4.79 Å². The van der Waals surface area contributed by atoms with Gasteiger partial charge in [-0.05, 0) is 75.4 Å². The molecule has 0 saturated carbocycles. The van der Waals surface area contributed by atoms with Crippen molar-refractivity contribution in [3.63, 3.8) is 0 Å². The van der Waals surface area contributed by atoms with Crippen molar-refractivity contribution in [1.29, 1.82) is 0 Å². The van der Waals surface area contributed by atoms with Crippen LogP contribution < -0.4 is 5.56 Å². The Morgan fingerprint density at radius 3 is 2.66 bits per heavy atom. The van der Waals surface area contributed by atoms with E-state index in [2.05, 4.69) is 42.5 Å². The van der Waals surface area contributed by atoms with Crippen LogP contribution in [0.15, 0.2) is 28.4 Å². The van der Waals surface area contributed by atoms with Crippen LogP contribution in [0.2, 0.25) is 0 Å². The van der Waals surface area contributed by atoms with Crippen molar-refractivity contribution in [2.24, 2.45) is 0 Å². The smallest absolute Gasteiger partial charge is 0.263 e. The van der Waals surface area contributed by atoms with E-state index < -0.39 is 0 Å². The van der Waals surface area contributed by atoms with E-state index in [0.717, 1.165) is 60.4 Å². The van der Waals surface area contributed by atoms with E-state index in [0.29, 0.717) is 0 Å². The lowest BCUT2D eigenvalue weighted by Crippen LogP contribution is -2.37.